The van der Waals surface area contributed by atoms with E-state index in [9.17, 15) is 19.7 Å². The summed E-state index contributed by atoms with van der Waals surface area (Å²) in [5.41, 5.74) is 1.78. The zero-order valence-electron chi connectivity index (χ0n) is 15.1. The van der Waals surface area contributed by atoms with Crippen molar-refractivity contribution < 1.29 is 14.5 Å². The first kappa shape index (κ1) is 19.8. The summed E-state index contributed by atoms with van der Waals surface area (Å²) in [4.78, 5) is 34.2. The number of anilines is 1. The Morgan fingerprint density at radius 1 is 1.15 bits per heavy atom. The van der Waals surface area contributed by atoms with Gasteiger partial charge in [-0.1, -0.05) is 38.1 Å². The molecule has 2 amide bonds. The van der Waals surface area contributed by atoms with E-state index in [1.807, 2.05) is 19.9 Å². The van der Waals surface area contributed by atoms with Crippen LogP contribution < -0.4 is 10.6 Å². The van der Waals surface area contributed by atoms with Gasteiger partial charge in [-0.25, -0.2) is 0 Å². The lowest BCUT2D eigenvalue weighted by atomic mass is 10.1. The molecule has 0 unspecified atom stereocenters. The SMILES string of the molecule is CC(C)C(=O)Nc1cccc(CNC(=O)/C=C/c2ccccc2[N+](=O)[O-])c1. The minimum Gasteiger partial charge on any atom is -0.348 e. The van der Waals surface area contributed by atoms with E-state index in [0.717, 1.165) is 5.56 Å². The summed E-state index contributed by atoms with van der Waals surface area (Å²) in [5.74, 6) is -0.575. The van der Waals surface area contributed by atoms with Crippen LogP contribution >= 0.6 is 0 Å². The van der Waals surface area contributed by atoms with E-state index in [0.29, 0.717) is 11.3 Å². The zero-order chi connectivity index (χ0) is 19.8. The van der Waals surface area contributed by atoms with Gasteiger partial charge in [-0.05, 0) is 29.8 Å². The van der Waals surface area contributed by atoms with Crippen molar-refractivity contribution in [1.29, 1.82) is 0 Å². The molecule has 0 aliphatic rings. The number of hydrogen-bond donors (Lipinski definition) is 2. The fourth-order valence-corrected chi connectivity index (χ4v) is 2.25. The van der Waals surface area contributed by atoms with Crippen molar-refractivity contribution in [3.8, 4) is 0 Å². The Bertz CT molecular complexity index is 875. The van der Waals surface area contributed by atoms with E-state index in [4.69, 9.17) is 0 Å². The maximum Gasteiger partial charge on any atom is 0.276 e. The summed E-state index contributed by atoms with van der Waals surface area (Å²) in [7, 11) is 0. The Morgan fingerprint density at radius 2 is 1.89 bits per heavy atom. The lowest BCUT2D eigenvalue weighted by Gasteiger charge is -2.09. The van der Waals surface area contributed by atoms with Crippen molar-refractivity contribution in [2.24, 2.45) is 5.92 Å². The molecule has 140 valence electrons. The Balaban J connectivity index is 1.96. The predicted octanol–water partition coefficient (Wildman–Crippen LogP) is 3.52. The number of nitrogens with one attached hydrogen (secondary N) is 2. The number of benzene rings is 2. The molecule has 0 fully saturated rings. The van der Waals surface area contributed by atoms with Gasteiger partial charge in [0.25, 0.3) is 5.69 Å². The van der Waals surface area contributed by atoms with Crippen LogP contribution in [-0.2, 0) is 16.1 Å². The number of carbonyl (C=O) groups is 2. The molecule has 0 bridgehead atoms. The van der Waals surface area contributed by atoms with Crippen molar-refractivity contribution in [1.82, 2.24) is 5.32 Å². The van der Waals surface area contributed by atoms with Crippen LogP contribution in [0.3, 0.4) is 0 Å². The molecule has 0 saturated carbocycles. The highest BCUT2D eigenvalue weighted by molar-refractivity contribution is 5.93. The fraction of sp³-hybridized carbons (Fsp3) is 0.200. The maximum absolute atomic E-state index is 12.0. The first-order valence-electron chi connectivity index (χ1n) is 8.46. The highest BCUT2D eigenvalue weighted by Crippen LogP contribution is 2.18. The Morgan fingerprint density at radius 3 is 2.59 bits per heavy atom. The van der Waals surface area contributed by atoms with Gasteiger partial charge >= 0.3 is 0 Å². The highest BCUT2D eigenvalue weighted by atomic mass is 16.6. The minimum atomic E-state index is -0.492. The van der Waals surface area contributed by atoms with Crippen molar-refractivity contribution in [3.05, 3.63) is 75.8 Å². The molecule has 0 aliphatic heterocycles. The van der Waals surface area contributed by atoms with Crippen LogP contribution in [0.2, 0.25) is 0 Å². The Labute approximate surface area is 157 Å². The van der Waals surface area contributed by atoms with Crippen LogP contribution in [0.4, 0.5) is 11.4 Å². The number of nitrogens with zero attached hydrogens (tertiary/aromatic N) is 1. The van der Waals surface area contributed by atoms with Gasteiger partial charge in [-0.3, -0.25) is 19.7 Å². The van der Waals surface area contributed by atoms with Crippen LogP contribution in [-0.4, -0.2) is 16.7 Å². The summed E-state index contributed by atoms with van der Waals surface area (Å²) in [6.07, 6.45) is 2.67. The lowest BCUT2D eigenvalue weighted by molar-refractivity contribution is -0.385. The van der Waals surface area contributed by atoms with E-state index in [2.05, 4.69) is 10.6 Å². The molecule has 0 heterocycles. The number of carbonyl (C=O) groups excluding carboxylic acids is 2. The molecule has 0 spiro atoms. The number of hydrogen-bond acceptors (Lipinski definition) is 4. The van der Waals surface area contributed by atoms with E-state index in [-0.39, 0.29) is 30.0 Å². The monoisotopic (exact) mass is 367 g/mol. The summed E-state index contributed by atoms with van der Waals surface area (Å²) >= 11 is 0. The maximum atomic E-state index is 12.0. The van der Waals surface area contributed by atoms with Crippen molar-refractivity contribution in [3.63, 3.8) is 0 Å². The van der Waals surface area contributed by atoms with Gasteiger partial charge in [0.05, 0.1) is 10.5 Å². The van der Waals surface area contributed by atoms with Gasteiger partial charge < -0.3 is 10.6 Å². The molecule has 2 aromatic carbocycles. The molecular weight excluding hydrogens is 346 g/mol. The molecule has 27 heavy (non-hydrogen) atoms. The molecule has 2 rings (SSSR count). The number of nitro groups is 1. The third-order valence-corrected chi connectivity index (χ3v) is 3.73. The average molecular weight is 367 g/mol. The van der Waals surface area contributed by atoms with Crippen LogP contribution in [0.5, 0.6) is 0 Å². The van der Waals surface area contributed by atoms with E-state index >= 15 is 0 Å². The second-order valence-corrected chi connectivity index (χ2v) is 6.21. The molecule has 0 radical (unpaired) electrons. The van der Waals surface area contributed by atoms with Gasteiger partial charge in [-0.2, -0.15) is 0 Å². The molecular formula is C20H21N3O4. The third kappa shape index (κ3) is 6.07. The fourth-order valence-electron chi connectivity index (χ4n) is 2.25. The molecule has 0 atom stereocenters. The van der Waals surface area contributed by atoms with E-state index < -0.39 is 4.92 Å². The first-order valence-corrected chi connectivity index (χ1v) is 8.46. The molecule has 0 saturated heterocycles. The smallest absolute Gasteiger partial charge is 0.276 e. The van der Waals surface area contributed by atoms with Crippen LogP contribution in [0, 0.1) is 16.0 Å². The quantitative estimate of drug-likeness (QED) is 0.444. The number of rotatable bonds is 7. The van der Waals surface area contributed by atoms with Crippen molar-refractivity contribution in [2.45, 2.75) is 20.4 Å². The Hall–Kier alpha value is -3.48. The standard InChI is InChI=1S/C20H21N3O4/c1-14(2)20(25)22-17-8-5-6-15(12-17)13-21-19(24)11-10-16-7-3-4-9-18(16)23(26)27/h3-12,14H,13H2,1-2H3,(H,21,24)(H,22,25)/b11-10+. The predicted molar refractivity (Wildman–Crippen MR) is 104 cm³/mol. The van der Waals surface area contributed by atoms with Crippen LogP contribution in [0.1, 0.15) is 25.0 Å². The summed E-state index contributed by atoms with van der Waals surface area (Å²) in [6, 6.07) is 13.4. The van der Waals surface area contributed by atoms with Crippen molar-refractivity contribution in [2.75, 3.05) is 5.32 Å². The van der Waals surface area contributed by atoms with Gasteiger partial charge in [0, 0.05) is 30.3 Å². The second kappa shape index (κ2) is 9.28. The normalized spacial score (nSPS) is 10.8. The van der Waals surface area contributed by atoms with Crippen molar-refractivity contribution >= 4 is 29.3 Å². The van der Waals surface area contributed by atoms with Gasteiger partial charge in [0.2, 0.25) is 11.8 Å². The molecule has 7 heteroatoms. The molecule has 2 N–H and O–H groups in total. The van der Waals surface area contributed by atoms with Gasteiger partial charge in [-0.15, -0.1) is 0 Å². The number of amides is 2. The topological polar surface area (TPSA) is 101 Å². The minimum absolute atomic E-state index is 0.0601. The number of nitro benzene ring substituents is 1. The average Bonchev–Trinajstić information content (AvgIpc) is 2.65. The van der Waals surface area contributed by atoms with E-state index in [1.54, 1.807) is 36.4 Å². The summed E-state index contributed by atoms with van der Waals surface area (Å²) < 4.78 is 0. The zero-order valence-corrected chi connectivity index (χ0v) is 15.1. The third-order valence-electron chi connectivity index (χ3n) is 3.73. The van der Waals surface area contributed by atoms with Crippen LogP contribution in [0.15, 0.2) is 54.6 Å². The summed E-state index contributed by atoms with van der Waals surface area (Å²) in [6.45, 7) is 3.89. The van der Waals surface area contributed by atoms with Gasteiger partial charge in [0.1, 0.15) is 0 Å². The molecule has 2 aromatic rings. The molecule has 7 nitrogen and oxygen atoms in total. The number of para-hydroxylation sites is 1. The highest BCUT2D eigenvalue weighted by Gasteiger charge is 2.10. The Kier molecular flexibility index (Phi) is 6.82. The van der Waals surface area contributed by atoms with Gasteiger partial charge in [0.15, 0.2) is 0 Å². The molecule has 0 aromatic heterocycles. The van der Waals surface area contributed by atoms with Crippen LogP contribution in [0.25, 0.3) is 6.08 Å². The molecule has 0 aliphatic carbocycles. The van der Waals surface area contributed by atoms with E-state index in [1.165, 1.54) is 18.2 Å². The summed E-state index contributed by atoms with van der Waals surface area (Å²) in [5, 5.41) is 16.5. The largest absolute Gasteiger partial charge is 0.348 e. The lowest BCUT2D eigenvalue weighted by Crippen LogP contribution is -2.21. The second-order valence-electron chi connectivity index (χ2n) is 6.21. The first-order chi connectivity index (χ1) is 12.9.